The molecule has 123 heavy (non-hydrogen) atoms. The summed E-state index contributed by atoms with van der Waals surface area (Å²) in [7, 11) is 0. The summed E-state index contributed by atoms with van der Waals surface area (Å²) < 4.78 is 17.3. The lowest BCUT2D eigenvalue weighted by Crippen LogP contribution is -2.18. The van der Waals surface area contributed by atoms with E-state index >= 15 is 0 Å². The van der Waals surface area contributed by atoms with Crippen molar-refractivity contribution >= 4 is 122 Å². The highest BCUT2D eigenvalue weighted by Crippen LogP contribution is 2.56. The highest BCUT2D eigenvalue weighted by Gasteiger charge is 2.40. The summed E-state index contributed by atoms with van der Waals surface area (Å²) in [5.41, 5.74) is 40.3. The molecule has 25 rings (SSSR count). The molecule has 4 heterocycles. The predicted molar refractivity (Wildman–Crippen MR) is 514 cm³/mol. The van der Waals surface area contributed by atoms with Crippen LogP contribution < -0.4 is 9.80 Å². The molecule has 18 aromatic carbocycles. The van der Waals surface area contributed by atoms with E-state index in [0.29, 0.717) is 0 Å². The van der Waals surface area contributed by atoms with Crippen molar-refractivity contribution in [1.29, 1.82) is 0 Å². The van der Waals surface area contributed by atoms with Crippen LogP contribution in [0.2, 0.25) is 0 Å². The van der Waals surface area contributed by atoms with Crippen molar-refractivity contribution < 1.29 is 8.83 Å². The third kappa shape index (κ3) is 11.2. The molecule has 3 aliphatic carbocycles. The van der Waals surface area contributed by atoms with Crippen molar-refractivity contribution in [3.05, 3.63) is 434 Å². The van der Waals surface area contributed by atoms with Crippen LogP contribution in [0.15, 0.2) is 409 Å². The highest BCUT2D eigenvalue weighted by molar-refractivity contribution is 6.13. The van der Waals surface area contributed by atoms with Gasteiger partial charge < -0.3 is 27.8 Å². The molecule has 0 atom stereocenters. The molecule has 6 nitrogen and oxygen atoms in total. The monoisotopic (exact) mass is 1580 g/mol. The average molecular weight is 1580 g/mol. The van der Waals surface area contributed by atoms with Gasteiger partial charge in [-0.05, 0) is 264 Å². The fourth-order valence-corrected chi connectivity index (χ4v) is 21.0. The summed E-state index contributed by atoms with van der Waals surface area (Å²) in [6.07, 6.45) is 0. The Morgan fingerprint density at radius 3 is 0.935 bits per heavy atom. The predicted octanol–water partition coefficient (Wildman–Crippen LogP) is 32.2. The molecule has 0 saturated heterocycles. The highest BCUT2D eigenvalue weighted by atomic mass is 16.3. The molecule has 6 heteroatoms. The largest absolute Gasteiger partial charge is 0.456 e. The van der Waals surface area contributed by atoms with E-state index in [4.69, 9.17) is 8.83 Å². The quantitative estimate of drug-likeness (QED) is 0.129. The first-order valence-electron chi connectivity index (χ1n) is 42.8. The number of para-hydroxylation sites is 6. The van der Waals surface area contributed by atoms with Gasteiger partial charge in [-0.3, -0.25) is 0 Å². The first-order valence-corrected chi connectivity index (χ1v) is 42.8. The number of rotatable bonds is 11. The third-order valence-electron chi connectivity index (χ3n) is 27.2. The van der Waals surface area contributed by atoms with Crippen LogP contribution in [0.4, 0.5) is 34.1 Å². The number of anilines is 6. The van der Waals surface area contributed by atoms with E-state index in [0.717, 1.165) is 78.0 Å². The van der Waals surface area contributed by atoms with Gasteiger partial charge in [0.2, 0.25) is 0 Å². The number of hydrogen-bond acceptors (Lipinski definition) is 4. The zero-order valence-electron chi connectivity index (χ0n) is 69.2. The topological polar surface area (TPSA) is 42.6 Å². The van der Waals surface area contributed by atoms with Gasteiger partial charge in [0.15, 0.2) is 0 Å². The Hall–Kier alpha value is -15.2. The van der Waals surface area contributed by atoms with E-state index in [1.54, 1.807) is 0 Å². The molecule has 0 N–H and O–H groups in total. The normalized spacial score (nSPS) is 13.6. The number of benzene rings is 18. The standard InChI is InChI=1S/C60H44N2O.C57H40N2O/c1-59(2)51-19-11-8-16-43(51)45-28-24-41(35-53(45)59)61(40-26-31-58-50(34-40)48-18-10-13-21-57(48)63-58)42-25-29-46-44-27-22-38(33-52(44)60(3,4)54(46)36-42)37-23-30-56-49(32-37)47-17-9-12-20-55(47)62(56)39-14-6-5-7-15-39;1-57(2)51-17-9-6-14-45(51)46-31-29-44(36-52(46)57)58(43-30-33-56-50(35-43)48-16-8-11-19-55(48)60-56)42-27-24-38(25-28-42)37-20-22-39(23-21-37)40-26-32-54-49(34-40)47-15-7-10-18-53(47)59(54)41-12-4-3-5-13-41/h5-36H,1-4H3;3-36H,1-2H3. The summed E-state index contributed by atoms with van der Waals surface area (Å²) in [6, 6.07) is 147. The van der Waals surface area contributed by atoms with Gasteiger partial charge in [0.25, 0.3) is 0 Å². The van der Waals surface area contributed by atoms with Gasteiger partial charge in [-0.1, -0.05) is 278 Å². The molecular formula is C117H84N4O2. The van der Waals surface area contributed by atoms with Gasteiger partial charge in [-0.2, -0.15) is 0 Å². The minimum Gasteiger partial charge on any atom is -0.456 e. The maximum Gasteiger partial charge on any atom is 0.135 e. The Labute approximate surface area is 714 Å². The van der Waals surface area contributed by atoms with Crippen LogP contribution in [0.25, 0.3) is 166 Å². The second-order valence-electron chi connectivity index (χ2n) is 35.1. The van der Waals surface area contributed by atoms with E-state index in [1.165, 1.54) is 155 Å². The number of nitrogens with zero attached hydrogens (tertiary/aromatic N) is 4. The van der Waals surface area contributed by atoms with Crippen molar-refractivity contribution in [2.45, 2.75) is 57.8 Å². The second kappa shape index (κ2) is 27.4. The van der Waals surface area contributed by atoms with Crippen molar-refractivity contribution in [1.82, 2.24) is 9.13 Å². The summed E-state index contributed by atoms with van der Waals surface area (Å²) in [5.74, 6) is 0. The van der Waals surface area contributed by atoms with Crippen LogP contribution in [0.5, 0.6) is 0 Å². The lowest BCUT2D eigenvalue weighted by Gasteiger charge is -2.30. The molecule has 3 aliphatic rings. The van der Waals surface area contributed by atoms with Crippen LogP contribution in [0.1, 0.15) is 74.9 Å². The van der Waals surface area contributed by atoms with Gasteiger partial charge in [0.1, 0.15) is 22.3 Å². The summed E-state index contributed by atoms with van der Waals surface area (Å²) >= 11 is 0. The van der Waals surface area contributed by atoms with Crippen LogP contribution in [0.3, 0.4) is 0 Å². The number of hydrogen-bond donors (Lipinski definition) is 0. The molecule has 0 bridgehead atoms. The Kier molecular flexibility index (Phi) is 16.0. The van der Waals surface area contributed by atoms with Gasteiger partial charge >= 0.3 is 0 Å². The fourth-order valence-electron chi connectivity index (χ4n) is 21.0. The maximum absolute atomic E-state index is 6.33. The molecule has 0 spiro atoms. The van der Waals surface area contributed by atoms with Gasteiger partial charge in [0.05, 0.1) is 22.1 Å². The molecule has 0 radical (unpaired) electrons. The molecule has 0 saturated carbocycles. The SMILES string of the molecule is CC1(C)c2ccccc2-c2ccc(N(c3ccc(-c4ccc(-c5ccc6c(c5)c5ccccc5n6-c5ccccc5)cc4)cc3)c3ccc4oc5ccccc5c4c3)cc21.CC1(C)c2ccccc2-c2ccc(N(c3ccc4c(c3)C(C)(C)c3cc(-c5ccc6c(c5)c5ccccc5n6-c5ccccc5)ccc3-4)c3ccc4oc5ccccc5c4c3)cc21. The van der Waals surface area contributed by atoms with Crippen LogP contribution in [0, 0.1) is 0 Å². The van der Waals surface area contributed by atoms with E-state index in [9.17, 15) is 0 Å². The molecule has 22 aromatic rings. The van der Waals surface area contributed by atoms with Crippen molar-refractivity contribution in [2.24, 2.45) is 0 Å². The third-order valence-corrected chi connectivity index (χ3v) is 27.2. The maximum atomic E-state index is 6.33. The first-order chi connectivity index (χ1) is 60.2. The van der Waals surface area contributed by atoms with Crippen molar-refractivity contribution in [2.75, 3.05) is 9.80 Å². The summed E-state index contributed by atoms with van der Waals surface area (Å²) in [4.78, 5) is 4.84. The van der Waals surface area contributed by atoms with Gasteiger partial charge in [-0.25, -0.2) is 0 Å². The molecule has 584 valence electrons. The second-order valence-corrected chi connectivity index (χ2v) is 35.1. The van der Waals surface area contributed by atoms with Crippen LogP contribution >= 0.6 is 0 Å². The molecule has 0 unspecified atom stereocenters. The Bertz CT molecular complexity index is 8090. The Morgan fingerprint density at radius 1 is 0.187 bits per heavy atom. The Balaban J connectivity index is 0.000000139. The van der Waals surface area contributed by atoms with Gasteiger partial charge in [0, 0.05) is 105 Å². The average Bonchev–Trinajstić information content (AvgIpc) is 1.36. The van der Waals surface area contributed by atoms with Gasteiger partial charge in [-0.15, -0.1) is 0 Å². The molecule has 0 aliphatic heterocycles. The molecule has 0 amide bonds. The van der Waals surface area contributed by atoms with E-state index < -0.39 is 0 Å². The fraction of sp³-hybridized carbons (Fsp3) is 0.0769. The van der Waals surface area contributed by atoms with Crippen LogP contribution in [-0.2, 0) is 16.2 Å². The lowest BCUT2D eigenvalue weighted by atomic mass is 9.81. The van der Waals surface area contributed by atoms with Crippen molar-refractivity contribution in [3.8, 4) is 78.1 Å². The zero-order chi connectivity index (χ0) is 82.1. The Morgan fingerprint density at radius 2 is 0.472 bits per heavy atom. The lowest BCUT2D eigenvalue weighted by molar-refractivity contribution is 0.660. The molecular weight excluding hydrogens is 1490 g/mol. The number of fused-ring (bicyclic) bond motifs is 21. The number of furan rings is 2. The summed E-state index contributed by atoms with van der Waals surface area (Å²) in [6.45, 7) is 14.2. The van der Waals surface area contributed by atoms with E-state index in [2.05, 4.69) is 443 Å². The zero-order valence-corrected chi connectivity index (χ0v) is 69.2. The summed E-state index contributed by atoms with van der Waals surface area (Å²) in [5, 5.41) is 9.52. The molecule has 4 aromatic heterocycles. The smallest absolute Gasteiger partial charge is 0.135 e. The minimum absolute atomic E-state index is 0.110. The number of aromatic nitrogens is 2. The van der Waals surface area contributed by atoms with Crippen LogP contribution in [-0.4, -0.2) is 9.13 Å². The van der Waals surface area contributed by atoms with E-state index in [-0.39, 0.29) is 16.2 Å². The molecule has 0 fully saturated rings. The van der Waals surface area contributed by atoms with E-state index in [1.807, 2.05) is 18.2 Å². The first kappa shape index (κ1) is 71.8. The minimum atomic E-state index is -0.234. The van der Waals surface area contributed by atoms with Crippen molar-refractivity contribution in [3.63, 3.8) is 0 Å².